The number of carbonyl (C=O) groups is 1. The topological polar surface area (TPSA) is 38.1 Å². The number of alkyl halides is 3. The monoisotopic (exact) mass is 401 g/mol. The van der Waals surface area contributed by atoms with Gasteiger partial charge in [-0.05, 0) is 49.9 Å². The number of halogens is 3. The number of amides is 1. The number of para-hydroxylation sites is 2. The van der Waals surface area contributed by atoms with Gasteiger partial charge in [-0.25, -0.2) is 4.98 Å². The molecular formula is C22H22F3N3O. The third kappa shape index (κ3) is 3.86. The summed E-state index contributed by atoms with van der Waals surface area (Å²) in [4.78, 5) is 18.9. The summed E-state index contributed by atoms with van der Waals surface area (Å²) in [7, 11) is 0. The molecule has 0 unspecified atom stereocenters. The first-order valence-corrected chi connectivity index (χ1v) is 9.72. The zero-order chi connectivity index (χ0) is 20.6. The van der Waals surface area contributed by atoms with Crippen LogP contribution in [-0.2, 0) is 12.7 Å². The average molecular weight is 401 g/mol. The number of rotatable bonds is 3. The van der Waals surface area contributed by atoms with Gasteiger partial charge in [-0.3, -0.25) is 4.79 Å². The molecule has 0 N–H and O–H groups in total. The van der Waals surface area contributed by atoms with Gasteiger partial charge in [0.05, 0.1) is 22.2 Å². The quantitative estimate of drug-likeness (QED) is 0.625. The van der Waals surface area contributed by atoms with Crippen LogP contribution in [0.2, 0.25) is 0 Å². The fraction of sp³-hybridized carbons (Fsp3) is 0.364. The maximum atomic E-state index is 13.2. The standard InChI is InChI=1S/C22H22F3N3O/c1-15-26-19-8-4-5-9-20(19)28(15)14-16-10-12-27(13-11-16)21(29)17-6-2-3-7-18(17)22(23,24)25/h2-9,16H,10-14H2,1H3. The minimum Gasteiger partial charge on any atom is -0.339 e. The lowest BCUT2D eigenvalue weighted by atomic mass is 9.95. The van der Waals surface area contributed by atoms with Gasteiger partial charge in [-0.2, -0.15) is 13.2 Å². The Morgan fingerprint density at radius 2 is 1.72 bits per heavy atom. The highest BCUT2D eigenvalue weighted by molar-refractivity contribution is 5.96. The van der Waals surface area contributed by atoms with Crippen LogP contribution in [-0.4, -0.2) is 33.4 Å². The minimum absolute atomic E-state index is 0.269. The summed E-state index contributed by atoms with van der Waals surface area (Å²) < 4.78 is 41.9. The van der Waals surface area contributed by atoms with Crippen LogP contribution >= 0.6 is 0 Å². The predicted molar refractivity (Wildman–Crippen MR) is 105 cm³/mol. The van der Waals surface area contributed by atoms with Crippen molar-refractivity contribution in [1.29, 1.82) is 0 Å². The number of likely N-dealkylation sites (tertiary alicyclic amines) is 1. The number of benzene rings is 2. The summed E-state index contributed by atoms with van der Waals surface area (Å²) in [5.41, 5.74) is 0.909. The molecule has 0 atom stereocenters. The number of aromatic nitrogens is 2. The molecule has 3 aromatic rings. The first-order chi connectivity index (χ1) is 13.8. The van der Waals surface area contributed by atoms with Crippen molar-refractivity contribution >= 4 is 16.9 Å². The van der Waals surface area contributed by atoms with Crippen molar-refractivity contribution < 1.29 is 18.0 Å². The third-order valence-electron chi connectivity index (χ3n) is 5.65. The van der Waals surface area contributed by atoms with Crippen LogP contribution < -0.4 is 0 Å². The molecular weight excluding hydrogens is 379 g/mol. The Labute approximate surface area is 167 Å². The summed E-state index contributed by atoms with van der Waals surface area (Å²) >= 11 is 0. The number of fused-ring (bicyclic) bond motifs is 1. The van der Waals surface area contributed by atoms with E-state index in [9.17, 15) is 18.0 Å². The van der Waals surface area contributed by atoms with E-state index in [4.69, 9.17) is 0 Å². The predicted octanol–water partition coefficient (Wildman–Crippen LogP) is 4.92. The lowest BCUT2D eigenvalue weighted by Crippen LogP contribution is -2.40. The molecule has 2 aromatic carbocycles. The van der Waals surface area contributed by atoms with Crippen LogP contribution in [0.4, 0.5) is 13.2 Å². The first-order valence-electron chi connectivity index (χ1n) is 9.72. The number of hydrogen-bond donors (Lipinski definition) is 0. The molecule has 4 rings (SSSR count). The van der Waals surface area contributed by atoms with Crippen LogP contribution in [0.1, 0.15) is 34.6 Å². The Hall–Kier alpha value is -2.83. The maximum Gasteiger partial charge on any atom is 0.417 e. The molecule has 1 fully saturated rings. The van der Waals surface area contributed by atoms with Crippen molar-refractivity contribution in [2.24, 2.45) is 5.92 Å². The summed E-state index contributed by atoms with van der Waals surface area (Å²) in [5.74, 6) is 0.762. The molecule has 0 radical (unpaired) electrons. The lowest BCUT2D eigenvalue weighted by molar-refractivity contribution is -0.138. The molecule has 2 heterocycles. The zero-order valence-electron chi connectivity index (χ0n) is 16.1. The Balaban J connectivity index is 1.45. The summed E-state index contributed by atoms with van der Waals surface area (Å²) in [6.07, 6.45) is -3.03. The van der Waals surface area contributed by atoms with Crippen molar-refractivity contribution in [3.63, 3.8) is 0 Å². The molecule has 0 aliphatic carbocycles. The number of piperidine rings is 1. The molecule has 1 aliphatic rings. The zero-order valence-corrected chi connectivity index (χ0v) is 16.1. The van der Waals surface area contributed by atoms with Gasteiger partial charge in [-0.1, -0.05) is 24.3 Å². The van der Waals surface area contributed by atoms with Crippen LogP contribution in [0, 0.1) is 12.8 Å². The molecule has 29 heavy (non-hydrogen) atoms. The van der Waals surface area contributed by atoms with Gasteiger partial charge < -0.3 is 9.47 Å². The van der Waals surface area contributed by atoms with E-state index >= 15 is 0 Å². The van der Waals surface area contributed by atoms with Gasteiger partial charge in [0, 0.05) is 19.6 Å². The van der Waals surface area contributed by atoms with Crippen LogP contribution in [0.3, 0.4) is 0 Å². The van der Waals surface area contributed by atoms with Crippen LogP contribution in [0.5, 0.6) is 0 Å². The van der Waals surface area contributed by atoms with Gasteiger partial charge in [0.15, 0.2) is 0 Å². The second-order valence-corrected chi connectivity index (χ2v) is 7.54. The van der Waals surface area contributed by atoms with E-state index in [0.717, 1.165) is 42.3 Å². The van der Waals surface area contributed by atoms with Gasteiger partial charge in [-0.15, -0.1) is 0 Å². The van der Waals surface area contributed by atoms with Gasteiger partial charge in [0.1, 0.15) is 5.82 Å². The number of nitrogens with zero attached hydrogens (tertiary/aromatic N) is 3. The Morgan fingerprint density at radius 3 is 2.45 bits per heavy atom. The smallest absolute Gasteiger partial charge is 0.339 e. The van der Waals surface area contributed by atoms with Crippen molar-refractivity contribution in [2.45, 2.75) is 32.5 Å². The highest BCUT2D eigenvalue weighted by atomic mass is 19.4. The van der Waals surface area contributed by atoms with E-state index in [-0.39, 0.29) is 5.56 Å². The van der Waals surface area contributed by atoms with E-state index in [1.165, 1.54) is 18.2 Å². The number of aryl methyl sites for hydroxylation is 1. The Bertz CT molecular complexity index is 1030. The maximum absolute atomic E-state index is 13.2. The van der Waals surface area contributed by atoms with Crippen molar-refractivity contribution in [3.8, 4) is 0 Å². The van der Waals surface area contributed by atoms with Gasteiger partial charge in [0.2, 0.25) is 0 Å². The molecule has 0 bridgehead atoms. The fourth-order valence-corrected chi connectivity index (χ4v) is 4.09. The molecule has 0 spiro atoms. The van der Waals surface area contributed by atoms with E-state index in [1.54, 1.807) is 4.90 Å². The van der Waals surface area contributed by atoms with E-state index in [1.807, 2.05) is 31.2 Å². The van der Waals surface area contributed by atoms with Gasteiger partial charge in [0.25, 0.3) is 5.91 Å². The highest BCUT2D eigenvalue weighted by Crippen LogP contribution is 2.33. The fourth-order valence-electron chi connectivity index (χ4n) is 4.09. The van der Waals surface area contributed by atoms with Crippen molar-refractivity contribution in [2.75, 3.05) is 13.1 Å². The molecule has 1 aliphatic heterocycles. The van der Waals surface area contributed by atoms with E-state index in [0.29, 0.717) is 19.0 Å². The van der Waals surface area contributed by atoms with Crippen LogP contribution in [0.25, 0.3) is 11.0 Å². The molecule has 152 valence electrons. The first kappa shape index (κ1) is 19.5. The second-order valence-electron chi connectivity index (χ2n) is 7.54. The Morgan fingerprint density at radius 1 is 1.07 bits per heavy atom. The summed E-state index contributed by atoms with van der Waals surface area (Å²) in [6.45, 7) is 3.70. The number of imidazole rings is 1. The minimum atomic E-state index is -4.54. The second kappa shape index (κ2) is 7.54. The molecule has 7 heteroatoms. The molecule has 1 amide bonds. The Kier molecular flexibility index (Phi) is 5.06. The SMILES string of the molecule is Cc1nc2ccccc2n1CC1CCN(C(=O)c2ccccc2C(F)(F)F)CC1. The number of carbonyl (C=O) groups excluding carboxylic acids is 1. The normalized spacial score (nSPS) is 15.8. The largest absolute Gasteiger partial charge is 0.417 e. The van der Waals surface area contributed by atoms with Gasteiger partial charge >= 0.3 is 6.18 Å². The van der Waals surface area contributed by atoms with Crippen LogP contribution in [0.15, 0.2) is 48.5 Å². The third-order valence-corrected chi connectivity index (χ3v) is 5.65. The summed E-state index contributed by atoms with van der Waals surface area (Å²) in [5, 5.41) is 0. The highest BCUT2D eigenvalue weighted by Gasteiger charge is 2.36. The van der Waals surface area contributed by atoms with E-state index < -0.39 is 17.6 Å². The van der Waals surface area contributed by atoms with Crippen molar-refractivity contribution in [3.05, 3.63) is 65.5 Å². The lowest BCUT2D eigenvalue weighted by Gasteiger charge is -2.33. The van der Waals surface area contributed by atoms with Crippen molar-refractivity contribution in [1.82, 2.24) is 14.5 Å². The molecule has 4 nitrogen and oxygen atoms in total. The number of hydrogen-bond acceptors (Lipinski definition) is 2. The molecule has 1 saturated heterocycles. The van der Waals surface area contributed by atoms with E-state index in [2.05, 4.69) is 9.55 Å². The molecule has 0 saturated carbocycles. The summed E-state index contributed by atoms with van der Waals surface area (Å²) in [6, 6.07) is 13.0. The average Bonchev–Trinajstić information content (AvgIpc) is 3.03. The molecule has 1 aromatic heterocycles.